The van der Waals surface area contributed by atoms with Gasteiger partial charge in [-0.2, -0.15) is 0 Å². The van der Waals surface area contributed by atoms with Gasteiger partial charge in [0.25, 0.3) is 5.91 Å². The molecule has 2 aromatic carbocycles. The Hall–Kier alpha value is -2.73. The highest BCUT2D eigenvalue weighted by Gasteiger charge is 2.54. The van der Waals surface area contributed by atoms with E-state index in [4.69, 9.17) is 0 Å². The molecule has 1 atom stereocenters. The molecule has 1 N–H and O–H groups in total. The summed E-state index contributed by atoms with van der Waals surface area (Å²) in [6.07, 6.45) is 1.02. The Morgan fingerprint density at radius 1 is 1.11 bits per heavy atom. The number of nitrogens with zero attached hydrogens (tertiary/aromatic N) is 2. The fourth-order valence-corrected chi connectivity index (χ4v) is 4.15. The maximum absolute atomic E-state index is 13.7. The molecule has 0 saturated carbocycles. The molecule has 1 unspecified atom stereocenters. The molecular formula is C21H22FN3O2. The lowest BCUT2D eigenvalue weighted by atomic mass is 9.95. The first-order valence-corrected chi connectivity index (χ1v) is 9.02. The summed E-state index contributed by atoms with van der Waals surface area (Å²) >= 11 is 0. The summed E-state index contributed by atoms with van der Waals surface area (Å²) in [5.41, 5.74) is 2.04. The Balaban J connectivity index is 1.59. The lowest BCUT2D eigenvalue weighted by molar-refractivity contribution is -0.131. The topological polar surface area (TPSA) is 52.6 Å². The van der Waals surface area contributed by atoms with E-state index < -0.39 is 5.54 Å². The number of halogens is 1. The van der Waals surface area contributed by atoms with Crippen LogP contribution < -0.4 is 5.32 Å². The van der Waals surface area contributed by atoms with Crippen molar-refractivity contribution in [2.45, 2.75) is 24.4 Å². The first-order chi connectivity index (χ1) is 12.9. The van der Waals surface area contributed by atoms with E-state index in [0.29, 0.717) is 12.8 Å². The van der Waals surface area contributed by atoms with Gasteiger partial charge in [0, 0.05) is 12.8 Å². The minimum Gasteiger partial charge on any atom is -0.322 e. The van der Waals surface area contributed by atoms with Crippen molar-refractivity contribution in [1.82, 2.24) is 15.1 Å². The molecule has 2 aliphatic rings. The number of rotatable bonds is 4. The second-order valence-electron chi connectivity index (χ2n) is 7.58. The Kier molecular flexibility index (Phi) is 4.23. The largest absolute Gasteiger partial charge is 0.325 e. The fraction of sp³-hybridized carbons (Fsp3) is 0.333. The number of urea groups is 1. The molecule has 3 amide bonds. The second-order valence-corrected chi connectivity index (χ2v) is 7.58. The molecule has 6 heteroatoms. The highest BCUT2D eigenvalue weighted by molar-refractivity contribution is 6.08. The Morgan fingerprint density at radius 3 is 2.37 bits per heavy atom. The zero-order chi connectivity index (χ0) is 19.2. The fourth-order valence-electron chi connectivity index (χ4n) is 4.15. The van der Waals surface area contributed by atoms with Crippen LogP contribution in [-0.2, 0) is 17.6 Å². The van der Waals surface area contributed by atoms with E-state index in [1.807, 2.05) is 49.3 Å². The number of nitrogens with one attached hydrogen (secondary N) is 1. The molecule has 1 aliphatic carbocycles. The predicted molar refractivity (Wildman–Crippen MR) is 99.7 cm³/mol. The molecule has 0 aromatic heterocycles. The van der Waals surface area contributed by atoms with Crippen LogP contribution in [0.3, 0.4) is 0 Å². The molecule has 0 bridgehead atoms. The number of carbonyl (C=O) groups is 2. The lowest BCUT2D eigenvalue weighted by Crippen LogP contribution is -2.48. The van der Waals surface area contributed by atoms with Crippen molar-refractivity contribution >= 4 is 11.9 Å². The number of amides is 3. The van der Waals surface area contributed by atoms with Crippen LogP contribution in [0, 0.1) is 5.82 Å². The van der Waals surface area contributed by atoms with E-state index >= 15 is 0 Å². The molecule has 1 saturated heterocycles. The summed E-state index contributed by atoms with van der Waals surface area (Å²) in [6.45, 7) is 0.180. The van der Waals surface area contributed by atoms with Crippen LogP contribution in [0.4, 0.5) is 9.18 Å². The van der Waals surface area contributed by atoms with Gasteiger partial charge in [-0.25, -0.2) is 9.18 Å². The summed E-state index contributed by atoms with van der Waals surface area (Å²) in [7, 11) is 3.71. The molecule has 1 spiro atoms. The van der Waals surface area contributed by atoms with Gasteiger partial charge in [-0.1, -0.05) is 36.4 Å². The lowest BCUT2D eigenvalue weighted by Gasteiger charge is -2.28. The van der Waals surface area contributed by atoms with Gasteiger partial charge in [-0.05, 0) is 42.9 Å². The first kappa shape index (κ1) is 17.7. The van der Waals surface area contributed by atoms with Crippen molar-refractivity contribution in [3.8, 4) is 0 Å². The smallest absolute Gasteiger partial charge is 0.322 e. The SMILES string of the molecule is CN(C)C(CN1C(=O)NC2(Cc3ccccc3C2)C1=O)c1cccc(F)c1. The number of benzene rings is 2. The third-order valence-electron chi connectivity index (χ3n) is 5.56. The first-order valence-electron chi connectivity index (χ1n) is 9.02. The molecule has 140 valence electrons. The van der Waals surface area contributed by atoms with Gasteiger partial charge in [0.05, 0.1) is 12.6 Å². The number of hydrogen-bond acceptors (Lipinski definition) is 3. The average molecular weight is 367 g/mol. The van der Waals surface area contributed by atoms with Gasteiger partial charge in [0.2, 0.25) is 0 Å². The Labute approximate surface area is 157 Å². The van der Waals surface area contributed by atoms with E-state index in [9.17, 15) is 14.0 Å². The van der Waals surface area contributed by atoms with Crippen LogP contribution in [0.25, 0.3) is 0 Å². The standard InChI is InChI=1S/C21H22FN3O2/c1-24(2)18(14-8-5-9-17(22)10-14)13-25-19(26)21(23-20(25)27)11-15-6-3-4-7-16(15)12-21/h3-10,18H,11-13H2,1-2H3,(H,23,27). The minimum atomic E-state index is -0.889. The number of imide groups is 1. The quantitative estimate of drug-likeness (QED) is 0.845. The highest BCUT2D eigenvalue weighted by Crippen LogP contribution is 2.35. The van der Waals surface area contributed by atoms with Crippen LogP contribution in [0.2, 0.25) is 0 Å². The van der Waals surface area contributed by atoms with E-state index in [1.165, 1.54) is 17.0 Å². The van der Waals surface area contributed by atoms with Crippen molar-refractivity contribution in [2.75, 3.05) is 20.6 Å². The normalized spacial score (nSPS) is 18.9. The van der Waals surface area contributed by atoms with E-state index in [0.717, 1.165) is 16.7 Å². The molecule has 1 fully saturated rings. The van der Waals surface area contributed by atoms with E-state index in [2.05, 4.69) is 5.32 Å². The van der Waals surface area contributed by atoms with Gasteiger partial charge in [0.15, 0.2) is 0 Å². The molecular weight excluding hydrogens is 345 g/mol. The van der Waals surface area contributed by atoms with Crippen LogP contribution in [0.1, 0.15) is 22.7 Å². The van der Waals surface area contributed by atoms with Crippen LogP contribution in [0.15, 0.2) is 48.5 Å². The van der Waals surface area contributed by atoms with Crippen LogP contribution >= 0.6 is 0 Å². The molecule has 4 rings (SSSR count). The van der Waals surface area contributed by atoms with Crippen molar-refractivity contribution in [1.29, 1.82) is 0 Å². The van der Waals surface area contributed by atoms with E-state index in [-0.39, 0.29) is 30.3 Å². The van der Waals surface area contributed by atoms with Gasteiger partial charge >= 0.3 is 6.03 Å². The third kappa shape index (κ3) is 3.00. The molecule has 0 radical (unpaired) electrons. The van der Waals surface area contributed by atoms with Crippen molar-refractivity contribution in [3.63, 3.8) is 0 Å². The van der Waals surface area contributed by atoms with Gasteiger partial charge < -0.3 is 10.2 Å². The second kappa shape index (κ2) is 6.46. The maximum atomic E-state index is 13.7. The zero-order valence-electron chi connectivity index (χ0n) is 15.4. The third-order valence-corrected chi connectivity index (χ3v) is 5.56. The Morgan fingerprint density at radius 2 is 1.78 bits per heavy atom. The van der Waals surface area contributed by atoms with Gasteiger partial charge in [-0.15, -0.1) is 0 Å². The summed E-state index contributed by atoms with van der Waals surface area (Å²) in [5, 5.41) is 2.93. The summed E-state index contributed by atoms with van der Waals surface area (Å²) in [4.78, 5) is 29.0. The zero-order valence-corrected chi connectivity index (χ0v) is 15.4. The van der Waals surface area contributed by atoms with Crippen LogP contribution in [0.5, 0.6) is 0 Å². The number of fused-ring (bicyclic) bond motifs is 1. The van der Waals surface area contributed by atoms with Crippen LogP contribution in [-0.4, -0.2) is 47.9 Å². The van der Waals surface area contributed by atoms with Gasteiger partial charge in [-0.3, -0.25) is 9.69 Å². The molecule has 1 heterocycles. The van der Waals surface area contributed by atoms with E-state index in [1.54, 1.807) is 6.07 Å². The highest BCUT2D eigenvalue weighted by atomic mass is 19.1. The van der Waals surface area contributed by atoms with Crippen molar-refractivity contribution in [3.05, 3.63) is 71.0 Å². The molecule has 27 heavy (non-hydrogen) atoms. The molecule has 2 aromatic rings. The number of hydrogen-bond donors (Lipinski definition) is 1. The molecule has 1 aliphatic heterocycles. The van der Waals surface area contributed by atoms with Crippen molar-refractivity contribution < 1.29 is 14.0 Å². The Bertz CT molecular complexity index is 887. The summed E-state index contributed by atoms with van der Waals surface area (Å²) < 4.78 is 13.7. The molecule has 5 nitrogen and oxygen atoms in total. The average Bonchev–Trinajstić information content (AvgIpc) is 3.10. The van der Waals surface area contributed by atoms with Gasteiger partial charge in [0.1, 0.15) is 11.4 Å². The van der Waals surface area contributed by atoms with Crippen molar-refractivity contribution in [2.24, 2.45) is 0 Å². The number of carbonyl (C=O) groups excluding carboxylic acids is 2. The maximum Gasteiger partial charge on any atom is 0.325 e. The minimum absolute atomic E-state index is 0.180. The monoisotopic (exact) mass is 367 g/mol. The summed E-state index contributed by atoms with van der Waals surface area (Å²) in [6, 6.07) is 13.5. The number of likely N-dealkylation sites (N-methyl/N-ethyl adjacent to an activating group) is 1. The predicted octanol–water partition coefficient (Wildman–Crippen LogP) is 2.52. The summed E-state index contributed by atoms with van der Waals surface area (Å²) in [5.74, 6) is -0.536.